The number of likely N-dealkylation sites (tertiary alicyclic amines) is 1. The number of hydroxylamine groups is 1. The van der Waals surface area contributed by atoms with Crippen LogP contribution < -0.4 is 10.2 Å². The Balaban J connectivity index is 1.27. The molecule has 1 saturated heterocycles. The largest absolute Gasteiger partial charge is 0.489 e. The molecule has 2 unspecified atom stereocenters. The summed E-state index contributed by atoms with van der Waals surface area (Å²) in [5.41, 5.74) is 5.68. The van der Waals surface area contributed by atoms with Gasteiger partial charge in [-0.15, -0.1) is 0 Å². The van der Waals surface area contributed by atoms with Gasteiger partial charge in [-0.2, -0.15) is 0 Å². The van der Waals surface area contributed by atoms with Crippen molar-refractivity contribution in [2.45, 2.75) is 45.3 Å². The van der Waals surface area contributed by atoms with E-state index < -0.39 is 11.5 Å². The predicted octanol–water partition coefficient (Wildman–Crippen LogP) is 3.75. The Morgan fingerprint density at radius 3 is 2.76 bits per heavy atom. The number of ether oxygens (including phenoxy) is 1. The maximum atomic E-state index is 12.0. The SMILES string of the molecule is CC(=O)N1CCC2(CC(c3ccc(OCc4cc(C)nc5ccccc45)cc3)=NO2)C(CC(=O)NO)C1. The minimum Gasteiger partial charge on any atom is -0.489 e. The van der Waals surface area contributed by atoms with Crippen LogP contribution in [-0.4, -0.2) is 51.3 Å². The number of aromatic nitrogens is 1. The summed E-state index contributed by atoms with van der Waals surface area (Å²) >= 11 is 0. The van der Waals surface area contributed by atoms with Gasteiger partial charge >= 0.3 is 0 Å². The quantitative estimate of drug-likeness (QED) is 0.392. The third-order valence-corrected chi connectivity index (χ3v) is 7.31. The van der Waals surface area contributed by atoms with Gasteiger partial charge in [0, 0.05) is 61.8 Å². The predicted molar refractivity (Wildman–Crippen MR) is 137 cm³/mol. The molecule has 9 heteroatoms. The van der Waals surface area contributed by atoms with E-state index in [2.05, 4.69) is 16.2 Å². The van der Waals surface area contributed by atoms with Crippen molar-refractivity contribution in [1.82, 2.24) is 15.4 Å². The first-order chi connectivity index (χ1) is 17.9. The summed E-state index contributed by atoms with van der Waals surface area (Å²) in [4.78, 5) is 36.2. The summed E-state index contributed by atoms with van der Waals surface area (Å²) in [6.07, 6.45) is 1.12. The van der Waals surface area contributed by atoms with Gasteiger partial charge in [-0.25, -0.2) is 5.48 Å². The van der Waals surface area contributed by atoms with Crippen LogP contribution >= 0.6 is 0 Å². The fourth-order valence-corrected chi connectivity index (χ4v) is 5.28. The van der Waals surface area contributed by atoms with Gasteiger partial charge in [-0.3, -0.25) is 19.8 Å². The van der Waals surface area contributed by atoms with Crippen molar-refractivity contribution in [3.8, 4) is 5.75 Å². The van der Waals surface area contributed by atoms with E-state index in [-0.39, 0.29) is 18.2 Å². The molecule has 0 radical (unpaired) electrons. The summed E-state index contributed by atoms with van der Waals surface area (Å²) in [6, 6.07) is 17.8. The zero-order chi connectivity index (χ0) is 26.0. The highest BCUT2D eigenvalue weighted by atomic mass is 16.7. The maximum absolute atomic E-state index is 12.0. The second-order valence-electron chi connectivity index (χ2n) is 9.77. The number of hydrogen-bond acceptors (Lipinski definition) is 7. The smallest absolute Gasteiger partial charge is 0.243 e. The number of para-hydroxylation sites is 1. The molecule has 1 fully saturated rings. The number of rotatable bonds is 6. The van der Waals surface area contributed by atoms with Gasteiger partial charge in [0.2, 0.25) is 11.8 Å². The Labute approximate surface area is 215 Å². The number of pyridine rings is 1. The molecule has 2 amide bonds. The number of hydrogen-bond donors (Lipinski definition) is 2. The second kappa shape index (κ2) is 10.2. The van der Waals surface area contributed by atoms with E-state index in [0.29, 0.717) is 32.5 Å². The Bertz CT molecular complexity index is 1360. The molecule has 2 aliphatic heterocycles. The lowest BCUT2D eigenvalue weighted by Crippen LogP contribution is -2.54. The number of nitrogens with zero attached hydrogens (tertiary/aromatic N) is 3. The normalized spacial score (nSPS) is 21.0. The monoisotopic (exact) mass is 502 g/mol. The summed E-state index contributed by atoms with van der Waals surface area (Å²) in [6.45, 7) is 4.83. The van der Waals surface area contributed by atoms with Crippen molar-refractivity contribution >= 4 is 28.4 Å². The molecule has 0 bridgehead atoms. The minimum atomic E-state index is -0.691. The molecule has 5 rings (SSSR count). The number of benzene rings is 2. The highest BCUT2D eigenvalue weighted by Gasteiger charge is 2.50. The van der Waals surface area contributed by atoms with E-state index in [1.54, 1.807) is 10.4 Å². The van der Waals surface area contributed by atoms with E-state index in [4.69, 9.17) is 14.8 Å². The Hall–Kier alpha value is -3.98. The Morgan fingerprint density at radius 2 is 2.00 bits per heavy atom. The molecule has 9 nitrogen and oxygen atoms in total. The average molecular weight is 503 g/mol. The molecule has 2 N–H and O–H groups in total. The number of carbonyl (C=O) groups is 2. The summed E-state index contributed by atoms with van der Waals surface area (Å²) in [5, 5.41) is 14.5. The first kappa shape index (κ1) is 24.7. The molecule has 1 spiro atoms. The molecular weight excluding hydrogens is 472 g/mol. The summed E-state index contributed by atoms with van der Waals surface area (Å²) < 4.78 is 6.09. The molecular formula is C28H30N4O5. The van der Waals surface area contributed by atoms with Crippen molar-refractivity contribution in [3.05, 3.63) is 71.4 Å². The number of oxime groups is 1. The third-order valence-electron chi connectivity index (χ3n) is 7.31. The third kappa shape index (κ3) is 5.13. The van der Waals surface area contributed by atoms with Crippen LogP contribution in [0.3, 0.4) is 0 Å². The van der Waals surface area contributed by atoms with Gasteiger partial charge in [0.05, 0.1) is 11.2 Å². The van der Waals surface area contributed by atoms with E-state index in [1.165, 1.54) is 6.92 Å². The molecule has 1 aromatic heterocycles. The molecule has 2 aromatic carbocycles. The lowest BCUT2D eigenvalue weighted by molar-refractivity contribution is -0.149. The van der Waals surface area contributed by atoms with Gasteiger partial charge in [0.25, 0.3) is 0 Å². The van der Waals surface area contributed by atoms with E-state index in [9.17, 15) is 9.59 Å². The minimum absolute atomic E-state index is 0.0407. The summed E-state index contributed by atoms with van der Waals surface area (Å²) in [7, 11) is 0. The van der Waals surface area contributed by atoms with Crippen molar-refractivity contribution in [2.75, 3.05) is 13.1 Å². The standard InChI is InChI=1S/C28H30N4O5/c1-18-13-21(24-5-3-4-6-25(24)29-18)17-36-23-9-7-20(8-10-23)26-15-28(37-31-26)11-12-32(19(2)33)16-22(28)14-27(34)30-35/h3-10,13,22,35H,11-12,14-17H2,1-2H3,(H,30,34). The van der Waals surface area contributed by atoms with Gasteiger partial charge in [-0.05, 0) is 48.9 Å². The fraction of sp³-hybridized carbons (Fsp3) is 0.357. The fourth-order valence-electron chi connectivity index (χ4n) is 5.28. The molecule has 37 heavy (non-hydrogen) atoms. The molecule has 0 saturated carbocycles. The first-order valence-electron chi connectivity index (χ1n) is 12.4. The van der Waals surface area contributed by atoms with Gasteiger partial charge in [0.1, 0.15) is 18.0 Å². The van der Waals surface area contributed by atoms with Crippen LogP contribution in [0.25, 0.3) is 10.9 Å². The van der Waals surface area contributed by atoms with E-state index in [0.717, 1.165) is 39.2 Å². The lowest BCUT2D eigenvalue weighted by Gasteiger charge is -2.43. The van der Waals surface area contributed by atoms with Gasteiger partial charge in [0.15, 0.2) is 0 Å². The number of amides is 2. The van der Waals surface area contributed by atoms with E-state index >= 15 is 0 Å². The van der Waals surface area contributed by atoms with Gasteiger partial charge < -0.3 is 14.5 Å². The Kier molecular flexibility index (Phi) is 6.80. The molecule has 0 aliphatic carbocycles. The zero-order valence-corrected chi connectivity index (χ0v) is 20.9. The lowest BCUT2D eigenvalue weighted by atomic mass is 9.75. The van der Waals surface area contributed by atoms with Gasteiger partial charge in [-0.1, -0.05) is 23.4 Å². The molecule has 2 atom stereocenters. The van der Waals surface area contributed by atoms with Crippen LogP contribution in [0, 0.1) is 12.8 Å². The molecule has 192 valence electrons. The highest BCUT2D eigenvalue weighted by molar-refractivity contribution is 6.01. The van der Waals surface area contributed by atoms with Crippen LogP contribution in [0.1, 0.15) is 43.0 Å². The number of aryl methyl sites for hydroxylation is 1. The molecule has 2 aliphatic rings. The van der Waals surface area contributed by atoms with Crippen molar-refractivity contribution < 1.29 is 24.4 Å². The van der Waals surface area contributed by atoms with Crippen LogP contribution in [0.4, 0.5) is 0 Å². The van der Waals surface area contributed by atoms with Crippen LogP contribution in [0.2, 0.25) is 0 Å². The number of carbonyl (C=O) groups excluding carboxylic acids is 2. The maximum Gasteiger partial charge on any atom is 0.243 e. The first-order valence-corrected chi connectivity index (χ1v) is 12.4. The van der Waals surface area contributed by atoms with Crippen molar-refractivity contribution in [2.24, 2.45) is 11.1 Å². The van der Waals surface area contributed by atoms with Crippen molar-refractivity contribution in [3.63, 3.8) is 0 Å². The number of fused-ring (bicyclic) bond motifs is 1. The average Bonchev–Trinajstić information content (AvgIpc) is 3.33. The molecule has 3 heterocycles. The topological polar surface area (TPSA) is 113 Å². The second-order valence-corrected chi connectivity index (χ2v) is 9.77. The number of piperidine rings is 1. The van der Waals surface area contributed by atoms with E-state index in [1.807, 2.05) is 55.5 Å². The van der Waals surface area contributed by atoms with Crippen LogP contribution in [0.5, 0.6) is 5.75 Å². The van der Waals surface area contributed by atoms with Crippen molar-refractivity contribution in [1.29, 1.82) is 0 Å². The van der Waals surface area contributed by atoms with Crippen LogP contribution in [0.15, 0.2) is 59.8 Å². The highest BCUT2D eigenvalue weighted by Crippen LogP contribution is 2.41. The summed E-state index contributed by atoms with van der Waals surface area (Å²) in [5.74, 6) is -0.108. The zero-order valence-electron chi connectivity index (χ0n) is 20.9. The van der Waals surface area contributed by atoms with Crippen LogP contribution in [-0.2, 0) is 21.0 Å². The Morgan fingerprint density at radius 1 is 1.22 bits per heavy atom. The number of nitrogens with one attached hydrogen (secondary N) is 1. The molecule has 3 aromatic rings.